The molecule has 1 heteroatoms. The number of rotatable bonds is 11. The van der Waals surface area contributed by atoms with Crippen LogP contribution < -0.4 is 0 Å². The third kappa shape index (κ3) is 7.49. The van der Waals surface area contributed by atoms with Crippen molar-refractivity contribution < 1.29 is 0 Å². The maximum atomic E-state index is 5.14. The largest absolute Gasteiger partial charge is 0.248 e. The van der Waals surface area contributed by atoms with Crippen LogP contribution in [0.2, 0.25) is 0 Å². The lowest BCUT2D eigenvalue weighted by Crippen LogP contribution is -2.05. The fourth-order valence-electron chi connectivity index (χ4n) is 6.65. The van der Waals surface area contributed by atoms with E-state index < -0.39 is 0 Å². The van der Waals surface area contributed by atoms with E-state index in [2.05, 4.69) is 166 Å². The molecule has 0 spiro atoms. The van der Waals surface area contributed by atoms with Crippen LogP contribution in [0.25, 0.3) is 63.4 Å². The molecule has 0 heterocycles. The summed E-state index contributed by atoms with van der Waals surface area (Å²) in [6.45, 7) is 19.0. The van der Waals surface area contributed by atoms with Crippen molar-refractivity contribution in [2.45, 2.75) is 20.8 Å². The van der Waals surface area contributed by atoms with Crippen molar-refractivity contribution >= 4 is 35.7 Å². The fourth-order valence-corrected chi connectivity index (χ4v) is 6.65. The van der Waals surface area contributed by atoms with Crippen LogP contribution >= 0.6 is 0 Å². The lowest BCUT2D eigenvalue weighted by molar-refractivity contribution is 1.41. The van der Waals surface area contributed by atoms with Crippen LogP contribution in [0.15, 0.2) is 170 Å². The summed E-state index contributed by atoms with van der Waals surface area (Å²) >= 11 is 0. The molecule has 6 rings (SSSR count). The molecule has 0 unspecified atom stereocenters. The Kier molecular flexibility index (Phi) is 10.8. The van der Waals surface area contributed by atoms with Crippen molar-refractivity contribution in [2.75, 3.05) is 0 Å². The molecule has 0 amide bonds. The van der Waals surface area contributed by atoms with Gasteiger partial charge in [0.15, 0.2) is 0 Å². The van der Waals surface area contributed by atoms with Crippen LogP contribution in [0.5, 0.6) is 0 Å². The van der Waals surface area contributed by atoms with Gasteiger partial charge in [0, 0.05) is 11.1 Å². The first-order valence-electron chi connectivity index (χ1n) is 17.4. The minimum absolute atomic E-state index is 0.714. The van der Waals surface area contributed by atoms with Crippen molar-refractivity contribution in [3.05, 3.63) is 210 Å². The highest BCUT2D eigenvalue weighted by Gasteiger charge is 2.15. The summed E-state index contributed by atoms with van der Waals surface area (Å²) in [5.74, 6) is 0. The van der Waals surface area contributed by atoms with E-state index in [0.29, 0.717) is 5.70 Å². The van der Waals surface area contributed by atoms with Gasteiger partial charge >= 0.3 is 0 Å². The molecular formula is C50H43N. The highest BCUT2D eigenvalue weighted by atomic mass is 14.8. The van der Waals surface area contributed by atoms with Gasteiger partial charge < -0.3 is 0 Å². The third-order valence-corrected chi connectivity index (χ3v) is 9.18. The molecule has 0 aliphatic heterocycles. The molecule has 0 N–H and O–H groups in total. The Morgan fingerprint density at radius 2 is 1.06 bits per heavy atom. The first-order valence-corrected chi connectivity index (χ1v) is 17.4. The van der Waals surface area contributed by atoms with Gasteiger partial charge in [0.25, 0.3) is 0 Å². The van der Waals surface area contributed by atoms with Gasteiger partial charge in [-0.05, 0) is 106 Å². The monoisotopic (exact) mass is 657 g/mol. The first kappa shape index (κ1) is 34.5. The SMILES string of the molecule is C=Cc1c(/C=C\C)cccc1-c1cc(-c2ccc(C(=C)N=C(c3ccccc3)c3ccccc3C)cc2)cc(-c2cccc(/C=C\C)c2C=C)c1. The lowest BCUT2D eigenvalue weighted by atomic mass is 9.88. The lowest BCUT2D eigenvalue weighted by Gasteiger charge is -2.16. The Hall–Kier alpha value is -6.31. The number of allylic oxidation sites excluding steroid dienone is 2. The predicted octanol–water partition coefficient (Wildman–Crippen LogP) is 13.9. The second-order valence-corrected chi connectivity index (χ2v) is 12.5. The second-order valence-electron chi connectivity index (χ2n) is 12.5. The van der Waals surface area contributed by atoms with Crippen molar-refractivity contribution in [1.29, 1.82) is 0 Å². The zero-order valence-corrected chi connectivity index (χ0v) is 29.7. The van der Waals surface area contributed by atoms with E-state index in [9.17, 15) is 0 Å². The average Bonchev–Trinajstić information content (AvgIpc) is 3.17. The van der Waals surface area contributed by atoms with Crippen molar-refractivity contribution in [3.8, 4) is 33.4 Å². The Balaban J connectivity index is 1.47. The molecule has 0 saturated heterocycles. The normalized spacial score (nSPS) is 11.6. The summed E-state index contributed by atoms with van der Waals surface area (Å²) in [4.78, 5) is 5.14. The van der Waals surface area contributed by atoms with Gasteiger partial charge in [-0.2, -0.15) is 0 Å². The van der Waals surface area contributed by atoms with Crippen LogP contribution in [-0.2, 0) is 0 Å². The summed E-state index contributed by atoms with van der Waals surface area (Å²) in [7, 11) is 0. The van der Waals surface area contributed by atoms with Gasteiger partial charge in [-0.3, -0.25) is 0 Å². The van der Waals surface area contributed by atoms with Crippen LogP contribution in [0.1, 0.15) is 58.4 Å². The second kappa shape index (κ2) is 15.9. The van der Waals surface area contributed by atoms with Crippen LogP contribution in [0, 0.1) is 6.92 Å². The van der Waals surface area contributed by atoms with E-state index in [0.717, 1.165) is 78.0 Å². The third-order valence-electron chi connectivity index (χ3n) is 9.18. The average molecular weight is 658 g/mol. The quantitative estimate of drug-likeness (QED) is 0.123. The van der Waals surface area contributed by atoms with Gasteiger partial charge in [0.05, 0.1) is 11.4 Å². The molecule has 248 valence electrons. The Morgan fingerprint density at radius 3 is 1.59 bits per heavy atom. The summed E-state index contributed by atoms with van der Waals surface area (Å²) in [5, 5.41) is 0. The molecule has 0 bridgehead atoms. The molecule has 6 aromatic rings. The summed E-state index contributed by atoms with van der Waals surface area (Å²) in [5.41, 5.74) is 17.2. The molecule has 0 aliphatic carbocycles. The molecule has 51 heavy (non-hydrogen) atoms. The molecule has 0 aromatic heterocycles. The predicted molar refractivity (Wildman–Crippen MR) is 225 cm³/mol. The minimum Gasteiger partial charge on any atom is -0.248 e. The maximum absolute atomic E-state index is 5.14. The molecule has 0 saturated carbocycles. The van der Waals surface area contributed by atoms with Crippen molar-refractivity contribution in [1.82, 2.24) is 0 Å². The number of aliphatic imine (C=N–C) groups is 1. The Morgan fingerprint density at radius 1 is 0.529 bits per heavy atom. The van der Waals surface area contributed by atoms with E-state index in [4.69, 9.17) is 4.99 Å². The van der Waals surface area contributed by atoms with Gasteiger partial charge in [0.1, 0.15) is 0 Å². The first-order chi connectivity index (χ1) is 24.9. The molecule has 0 radical (unpaired) electrons. The maximum Gasteiger partial charge on any atom is 0.0784 e. The number of aryl methyl sites for hydroxylation is 1. The van der Waals surface area contributed by atoms with Gasteiger partial charge in [0.2, 0.25) is 0 Å². The van der Waals surface area contributed by atoms with Gasteiger partial charge in [-0.1, -0.05) is 171 Å². The Bertz CT molecular complexity index is 2220. The highest BCUT2D eigenvalue weighted by Crippen LogP contribution is 2.38. The van der Waals surface area contributed by atoms with Gasteiger partial charge in [-0.15, -0.1) is 0 Å². The fraction of sp³-hybridized carbons (Fsp3) is 0.0600. The smallest absolute Gasteiger partial charge is 0.0784 e. The minimum atomic E-state index is 0.714. The summed E-state index contributed by atoms with van der Waals surface area (Å²) in [6.07, 6.45) is 12.3. The van der Waals surface area contributed by atoms with Crippen molar-refractivity contribution in [2.24, 2.45) is 4.99 Å². The number of hydrogen-bond acceptors (Lipinski definition) is 1. The standard InChI is InChI=1S/C50H43N/c1-7-18-39-23-16-26-48(45(39)9-3)43-32-42(33-44(34-43)49-27-17-24-40(19-8-2)46(49)10-4)38-30-28-37(29-31-38)36(6)51-50(41-21-12-11-13-22-41)47-25-15-14-20-35(47)5/h7-34H,3-4,6H2,1-2,5H3/b18-7-,19-8-,51-50?. The van der Waals surface area contributed by atoms with Crippen LogP contribution in [0.4, 0.5) is 0 Å². The highest BCUT2D eigenvalue weighted by molar-refractivity contribution is 6.15. The van der Waals surface area contributed by atoms with E-state index >= 15 is 0 Å². The van der Waals surface area contributed by atoms with E-state index in [1.807, 2.05) is 44.2 Å². The Labute approximate surface area is 303 Å². The molecule has 1 nitrogen and oxygen atoms in total. The van der Waals surface area contributed by atoms with E-state index in [1.54, 1.807) is 0 Å². The topological polar surface area (TPSA) is 12.4 Å². The van der Waals surface area contributed by atoms with Crippen LogP contribution in [-0.4, -0.2) is 5.71 Å². The van der Waals surface area contributed by atoms with E-state index in [-0.39, 0.29) is 0 Å². The zero-order valence-electron chi connectivity index (χ0n) is 29.7. The molecule has 0 fully saturated rings. The molecule has 0 aliphatic rings. The number of hydrogen-bond donors (Lipinski definition) is 0. The number of benzene rings is 6. The molecule has 6 aromatic carbocycles. The molecular weight excluding hydrogens is 615 g/mol. The zero-order chi connectivity index (χ0) is 35.7. The molecule has 0 atom stereocenters. The van der Waals surface area contributed by atoms with Gasteiger partial charge in [-0.25, -0.2) is 4.99 Å². The number of nitrogens with zero attached hydrogens (tertiary/aromatic N) is 1. The van der Waals surface area contributed by atoms with Crippen molar-refractivity contribution in [3.63, 3.8) is 0 Å². The van der Waals surface area contributed by atoms with E-state index in [1.165, 1.54) is 5.56 Å². The summed E-state index contributed by atoms with van der Waals surface area (Å²) in [6, 6.07) is 47.0. The van der Waals surface area contributed by atoms with Crippen LogP contribution in [0.3, 0.4) is 0 Å². The summed E-state index contributed by atoms with van der Waals surface area (Å²) < 4.78 is 0.